The Morgan fingerprint density at radius 3 is 2.08 bits per heavy atom. The number of benzene rings is 2. The van der Waals surface area contributed by atoms with E-state index < -0.39 is 0 Å². The van der Waals surface area contributed by atoms with Crippen molar-refractivity contribution in [1.29, 1.82) is 0 Å². The number of thioether (sulfide) groups is 1. The van der Waals surface area contributed by atoms with Crippen molar-refractivity contribution >= 4 is 46.1 Å². The third-order valence-electron chi connectivity index (χ3n) is 6.77. The van der Waals surface area contributed by atoms with Crippen molar-refractivity contribution in [3.05, 3.63) is 65.2 Å². The molecule has 39 heavy (non-hydrogen) atoms. The Labute approximate surface area is 251 Å². The van der Waals surface area contributed by atoms with E-state index in [9.17, 15) is 4.79 Å². The molecule has 5 nitrogen and oxygen atoms in total. The van der Waals surface area contributed by atoms with Gasteiger partial charge in [0.25, 0.3) is 0 Å². The summed E-state index contributed by atoms with van der Waals surface area (Å²) in [5.74, 6) is 1.82. The second-order valence-corrected chi connectivity index (χ2v) is 11.5. The molecule has 0 aromatic heterocycles. The molecule has 3 rings (SSSR count). The molecule has 0 fully saturated rings. The number of urea groups is 1. The van der Waals surface area contributed by atoms with Crippen LogP contribution in [0, 0.1) is 0 Å². The summed E-state index contributed by atoms with van der Waals surface area (Å²) in [7, 11) is 0. The first kappa shape index (κ1) is 33.1. The standard InChI is InChI=1S/C32H47N3O2S.BrH/c1-3-4-5-6-7-8-9-10-11-12-13-14-22-37-31-20-18-29(19-21-31)33-32(36)34-30-17-15-16-28(23-30)25-35-24-27(2)38-26-35;/h15-21,23-24H,3-14,22,25-26H2,1-2H3,(H2,33,34,36);1H. The number of hydrogen-bond donors (Lipinski definition) is 2. The number of amides is 2. The molecule has 0 unspecified atom stereocenters. The Morgan fingerprint density at radius 1 is 0.846 bits per heavy atom. The summed E-state index contributed by atoms with van der Waals surface area (Å²) in [6, 6.07) is 15.4. The van der Waals surface area contributed by atoms with Gasteiger partial charge in [0, 0.05) is 24.1 Å². The fourth-order valence-corrected chi connectivity index (χ4v) is 5.41. The van der Waals surface area contributed by atoms with Crippen LogP contribution in [0.4, 0.5) is 16.2 Å². The molecule has 0 saturated carbocycles. The van der Waals surface area contributed by atoms with E-state index in [0.29, 0.717) is 0 Å². The Morgan fingerprint density at radius 2 is 1.46 bits per heavy atom. The minimum absolute atomic E-state index is 0. The van der Waals surface area contributed by atoms with E-state index in [0.717, 1.165) is 42.6 Å². The van der Waals surface area contributed by atoms with Gasteiger partial charge < -0.3 is 20.3 Å². The van der Waals surface area contributed by atoms with Crippen molar-refractivity contribution in [2.75, 3.05) is 23.1 Å². The van der Waals surface area contributed by atoms with Crippen LogP contribution in [-0.4, -0.2) is 23.4 Å². The van der Waals surface area contributed by atoms with Gasteiger partial charge in [0.15, 0.2) is 0 Å². The minimum atomic E-state index is -0.250. The number of carbonyl (C=O) groups is 1. The number of anilines is 2. The number of hydrogen-bond acceptors (Lipinski definition) is 4. The monoisotopic (exact) mass is 617 g/mol. The van der Waals surface area contributed by atoms with Crippen molar-refractivity contribution in [2.45, 2.75) is 97.4 Å². The van der Waals surface area contributed by atoms with Crippen LogP contribution in [0.15, 0.2) is 59.6 Å². The molecule has 7 heteroatoms. The van der Waals surface area contributed by atoms with Crippen LogP contribution < -0.4 is 15.4 Å². The van der Waals surface area contributed by atoms with Gasteiger partial charge >= 0.3 is 6.03 Å². The highest BCUT2D eigenvalue weighted by Gasteiger charge is 2.11. The summed E-state index contributed by atoms with van der Waals surface area (Å²) in [6.07, 6.45) is 18.3. The van der Waals surface area contributed by atoms with Gasteiger partial charge in [-0.05, 0) is 60.2 Å². The average Bonchev–Trinajstić information content (AvgIpc) is 3.32. The average molecular weight is 619 g/mol. The number of ether oxygens (including phenoxy) is 1. The van der Waals surface area contributed by atoms with Crippen molar-refractivity contribution in [3.8, 4) is 5.75 Å². The lowest BCUT2D eigenvalue weighted by Gasteiger charge is -2.15. The molecule has 0 spiro atoms. The largest absolute Gasteiger partial charge is 0.494 e. The molecule has 0 aliphatic carbocycles. The Balaban J connectivity index is 0.00000533. The Kier molecular flexibility index (Phi) is 16.9. The van der Waals surface area contributed by atoms with Gasteiger partial charge in [0.05, 0.1) is 12.5 Å². The third-order valence-corrected chi connectivity index (χ3v) is 7.79. The zero-order chi connectivity index (χ0) is 26.8. The van der Waals surface area contributed by atoms with Crippen molar-refractivity contribution in [2.24, 2.45) is 0 Å². The first-order valence-corrected chi connectivity index (χ1v) is 15.6. The molecule has 1 aliphatic rings. The normalized spacial score (nSPS) is 12.6. The maximum atomic E-state index is 12.5. The van der Waals surface area contributed by atoms with E-state index >= 15 is 0 Å². The number of halogens is 1. The van der Waals surface area contributed by atoms with Crippen molar-refractivity contribution in [1.82, 2.24) is 4.90 Å². The summed E-state index contributed by atoms with van der Waals surface area (Å²) < 4.78 is 5.89. The quantitative estimate of drug-likeness (QED) is 0.163. The van der Waals surface area contributed by atoms with Gasteiger partial charge in [0.1, 0.15) is 5.75 Å². The molecule has 0 bridgehead atoms. The van der Waals surface area contributed by atoms with E-state index in [1.54, 1.807) is 0 Å². The second-order valence-electron chi connectivity index (χ2n) is 10.3. The van der Waals surface area contributed by atoms with Crippen molar-refractivity contribution in [3.63, 3.8) is 0 Å². The topological polar surface area (TPSA) is 53.6 Å². The van der Waals surface area contributed by atoms with Crippen LogP contribution in [-0.2, 0) is 6.54 Å². The summed E-state index contributed by atoms with van der Waals surface area (Å²) in [5, 5.41) is 5.84. The first-order valence-electron chi connectivity index (χ1n) is 14.6. The first-order chi connectivity index (χ1) is 18.6. The highest BCUT2D eigenvalue weighted by atomic mass is 79.9. The third kappa shape index (κ3) is 14.2. The van der Waals surface area contributed by atoms with Crippen LogP contribution in [0.1, 0.15) is 96.5 Å². The van der Waals surface area contributed by atoms with Crippen LogP contribution in [0.3, 0.4) is 0 Å². The number of rotatable bonds is 18. The molecule has 2 aromatic rings. The highest BCUT2D eigenvalue weighted by molar-refractivity contribution is 8.93. The van der Waals surface area contributed by atoms with Crippen LogP contribution in [0.25, 0.3) is 0 Å². The number of unbranched alkanes of at least 4 members (excludes halogenated alkanes) is 11. The van der Waals surface area contributed by atoms with E-state index in [1.807, 2.05) is 54.2 Å². The van der Waals surface area contributed by atoms with Gasteiger partial charge in [-0.1, -0.05) is 89.7 Å². The van der Waals surface area contributed by atoms with Crippen molar-refractivity contribution < 1.29 is 9.53 Å². The van der Waals surface area contributed by atoms with Crippen LogP contribution in [0.2, 0.25) is 0 Å². The molecule has 1 heterocycles. The molecule has 2 amide bonds. The summed E-state index contributed by atoms with van der Waals surface area (Å²) in [6.45, 7) is 5.98. The molecule has 2 aromatic carbocycles. The molecular weight excluding hydrogens is 570 g/mol. The van der Waals surface area contributed by atoms with Crippen LogP contribution in [0.5, 0.6) is 5.75 Å². The predicted octanol–water partition coefficient (Wildman–Crippen LogP) is 10.4. The Hall–Kier alpha value is -2.12. The lowest BCUT2D eigenvalue weighted by molar-refractivity contribution is 0.262. The lowest BCUT2D eigenvalue weighted by Crippen LogP contribution is -2.19. The van der Waals surface area contributed by atoms with E-state index in [-0.39, 0.29) is 23.0 Å². The predicted molar refractivity (Wildman–Crippen MR) is 174 cm³/mol. The van der Waals surface area contributed by atoms with Crippen LogP contribution >= 0.6 is 28.7 Å². The smallest absolute Gasteiger partial charge is 0.323 e. The summed E-state index contributed by atoms with van der Waals surface area (Å²) in [4.78, 5) is 16.1. The van der Waals surface area contributed by atoms with Gasteiger partial charge in [-0.3, -0.25) is 0 Å². The number of allylic oxidation sites excluding steroid dienone is 1. The van der Waals surface area contributed by atoms with E-state index in [1.165, 1.54) is 81.1 Å². The van der Waals surface area contributed by atoms with E-state index in [2.05, 4.69) is 41.6 Å². The molecule has 0 radical (unpaired) electrons. The SMILES string of the molecule is Br.CCCCCCCCCCCCCCOc1ccc(NC(=O)Nc2cccc(CN3C=C(C)SC3)c2)cc1. The number of nitrogens with one attached hydrogen (secondary N) is 2. The highest BCUT2D eigenvalue weighted by Crippen LogP contribution is 2.26. The van der Waals surface area contributed by atoms with Gasteiger partial charge in [-0.25, -0.2) is 4.79 Å². The molecule has 216 valence electrons. The lowest BCUT2D eigenvalue weighted by atomic mass is 10.1. The fourth-order valence-electron chi connectivity index (χ4n) is 4.65. The number of nitrogens with zero attached hydrogens (tertiary/aromatic N) is 1. The van der Waals surface area contributed by atoms with Gasteiger partial charge in [-0.15, -0.1) is 28.7 Å². The molecule has 2 N–H and O–H groups in total. The minimum Gasteiger partial charge on any atom is -0.494 e. The van der Waals surface area contributed by atoms with Gasteiger partial charge in [0.2, 0.25) is 0 Å². The summed E-state index contributed by atoms with van der Waals surface area (Å²) >= 11 is 1.85. The number of carbonyl (C=O) groups excluding carboxylic acids is 1. The zero-order valence-corrected chi connectivity index (χ0v) is 26.4. The maximum Gasteiger partial charge on any atom is 0.323 e. The summed E-state index contributed by atoms with van der Waals surface area (Å²) in [5.41, 5.74) is 2.70. The van der Waals surface area contributed by atoms with Gasteiger partial charge in [-0.2, -0.15) is 0 Å². The fraction of sp³-hybridized carbons (Fsp3) is 0.531. The molecule has 0 saturated heterocycles. The maximum absolute atomic E-state index is 12.5. The molecular formula is C32H48BrN3O2S. The zero-order valence-electron chi connectivity index (χ0n) is 23.9. The van der Waals surface area contributed by atoms with E-state index in [4.69, 9.17) is 4.74 Å². The second kappa shape index (κ2) is 19.9. The molecule has 1 aliphatic heterocycles. The molecule has 0 atom stereocenters. The Bertz CT molecular complexity index is 984.